The van der Waals surface area contributed by atoms with Gasteiger partial charge < -0.3 is 10.4 Å². The van der Waals surface area contributed by atoms with E-state index in [1.54, 1.807) is 0 Å². The molecule has 0 radical (unpaired) electrons. The first-order valence-corrected chi connectivity index (χ1v) is 7.37. The minimum atomic E-state index is -3.60. The van der Waals surface area contributed by atoms with Gasteiger partial charge in [0.15, 0.2) is 0 Å². The van der Waals surface area contributed by atoms with Gasteiger partial charge in [-0.2, -0.15) is 4.31 Å². The Morgan fingerprint density at radius 3 is 2.44 bits per heavy atom. The standard InChI is InChI=1S/C11H15ClN2O3S/c1-14(10-6-13-7-11(10)15)18(16,17)9-4-2-8(12)3-5-9/h2-5,10-11,13,15H,6-7H2,1H3/t10-,11-/m1/s1. The third-order valence-corrected chi connectivity index (χ3v) is 5.26. The Labute approximate surface area is 111 Å². The second kappa shape index (κ2) is 5.14. The average Bonchev–Trinajstić information content (AvgIpc) is 2.75. The fraction of sp³-hybridized carbons (Fsp3) is 0.455. The lowest BCUT2D eigenvalue weighted by atomic mass is 10.2. The largest absolute Gasteiger partial charge is 0.390 e. The Kier molecular flexibility index (Phi) is 3.93. The highest BCUT2D eigenvalue weighted by Crippen LogP contribution is 2.21. The molecule has 0 aliphatic carbocycles. The molecule has 100 valence electrons. The van der Waals surface area contributed by atoms with Gasteiger partial charge in [0.25, 0.3) is 0 Å². The molecule has 2 rings (SSSR count). The van der Waals surface area contributed by atoms with E-state index in [0.717, 1.165) is 0 Å². The molecule has 18 heavy (non-hydrogen) atoms. The zero-order valence-corrected chi connectivity index (χ0v) is 11.4. The number of hydrogen-bond acceptors (Lipinski definition) is 4. The second-order valence-electron chi connectivity index (χ2n) is 4.27. The van der Waals surface area contributed by atoms with Crippen LogP contribution in [0.2, 0.25) is 5.02 Å². The van der Waals surface area contributed by atoms with Gasteiger partial charge in [-0.15, -0.1) is 0 Å². The Hall–Kier alpha value is -0.660. The lowest BCUT2D eigenvalue weighted by Gasteiger charge is -2.25. The molecule has 1 aromatic rings. The maximum atomic E-state index is 12.3. The quantitative estimate of drug-likeness (QED) is 0.840. The van der Waals surface area contributed by atoms with E-state index in [2.05, 4.69) is 5.32 Å². The number of hydrogen-bond donors (Lipinski definition) is 2. The van der Waals surface area contributed by atoms with Crippen molar-refractivity contribution in [3.05, 3.63) is 29.3 Å². The molecule has 1 aliphatic rings. The maximum absolute atomic E-state index is 12.3. The fourth-order valence-corrected chi connectivity index (χ4v) is 3.48. The van der Waals surface area contributed by atoms with Gasteiger partial charge in [0.2, 0.25) is 10.0 Å². The van der Waals surface area contributed by atoms with Crippen molar-refractivity contribution in [2.24, 2.45) is 0 Å². The van der Waals surface area contributed by atoms with E-state index in [1.165, 1.54) is 35.6 Å². The van der Waals surface area contributed by atoms with Crippen molar-refractivity contribution < 1.29 is 13.5 Å². The van der Waals surface area contributed by atoms with Crippen molar-refractivity contribution >= 4 is 21.6 Å². The number of rotatable bonds is 3. The van der Waals surface area contributed by atoms with E-state index >= 15 is 0 Å². The summed E-state index contributed by atoms with van der Waals surface area (Å²) in [5.41, 5.74) is 0. The van der Waals surface area contributed by atoms with Gasteiger partial charge in [-0.05, 0) is 24.3 Å². The minimum absolute atomic E-state index is 0.175. The van der Waals surface area contributed by atoms with Crippen molar-refractivity contribution in [2.75, 3.05) is 20.1 Å². The van der Waals surface area contributed by atoms with Gasteiger partial charge in [-0.25, -0.2) is 8.42 Å². The molecule has 1 aromatic carbocycles. The van der Waals surface area contributed by atoms with Crippen molar-refractivity contribution in [1.82, 2.24) is 9.62 Å². The summed E-state index contributed by atoms with van der Waals surface area (Å²) in [5, 5.41) is 13.2. The molecular formula is C11H15ClN2O3S. The average molecular weight is 291 g/mol. The first-order valence-electron chi connectivity index (χ1n) is 5.55. The van der Waals surface area contributed by atoms with Gasteiger partial charge in [-0.3, -0.25) is 0 Å². The molecular weight excluding hydrogens is 276 g/mol. The lowest BCUT2D eigenvalue weighted by molar-refractivity contribution is 0.136. The normalized spacial score (nSPS) is 24.7. The first kappa shape index (κ1) is 13.8. The topological polar surface area (TPSA) is 69.6 Å². The third-order valence-electron chi connectivity index (χ3n) is 3.11. The number of sulfonamides is 1. The molecule has 1 fully saturated rings. The highest BCUT2D eigenvalue weighted by atomic mass is 35.5. The first-order chi connectivity index (χ1) is 8.43. The predicted molar refractivity (Wildman–Crippen MR) is 69.1 cm³/mol. The molecule has 0 aromatic heterocycles. The van der Waals surface area contributed by atoms with E-state index in [-0.39, 0.29) is 4.90 Å². The van der Waals surface area contributed by atoms with Crippen LogP contribution in [-0.2, 0) is 10.0 Å². The van der Waals surface area contributed by atoms with Crippen LogP contribution in [0, 0.1) is 0 Å². The van der Waals surface area contributed by atoms with Crippen LogP contribution >= 0.6 is 11.6 Å². The molecule has 2 N–H and O–H groups in total. The minimum Gasteiger partial charge on any atom is -0.390 e. The molecule has 0 spiro atoms. The number of nitrogens with zero attached hydrogens (tertiary/aromatic N) is 1. The SMILES string of the molecule is CN([C@@H]1CNC[C@H]1O)S(=O)(=O)c1ccc(Cl)cc1. The van der Waals surface area contributed by atoms with Gasteiger partial charge in [0, 0.05) is 25.2 Å². The van der Waals surface area contributed by atoms with Crippen LogP contribution in [0.5, 0.6) is 0 Å². The van der Waals surface area contributed by atoms with Crippen LogP contribution in [0.25, 0.3) is 0 Å². The summed E-state index contributed by atoms with van der Waals surface area (Å²) in [6, 6.07) is 5.55. The summed E-state index contributed by atoms with van der Waals surface area (Å²) in [4.78, 5) is 0.175. The number of aliphatic hydroxyl groups excluding tert-OH is 1. The molecule has 2 atom stereocenters. The van der Waals surface area contributed by atoms with Gasteiger partial charge in [-0.1, -0.05) is 11.6 Å². The van der Waals surface area contributed by atoms with Crippen LogP contribution < -0.4 is 5.32 Å². The van der Waals surface area contributed by atoms with Crippen LogP contribution in [0.1, 0.15) is 0 Å². The molecule has 1 heterocycles. The van der Waals surface area contributed by atoms with Crippen molar-refractivity contribution in [3.8, 4) is 0 Å². The molecule has 0 saturated carbocycles. The third kappa shape index (κ3) is 2.53. The number of likely N-dealkylation sites (N-methyl/N-ethyl adjacent to an activating group) is 1. The number of benzene rings is 1. The molecule has 0 bridgehead atoms. The molecule has 7 heteroatoms. The Bertz CT molecular complexity index is 518. The van der Waals surface area contributed by atoms with Crippen LogP contribution in [0.15, 0.2) is 29.2 Å². The predicted octanol–water partition coefficient (Wildman–Crippen LogP) is 0.293. The summed E-state index contributed by atoms with van der Waals surface area (Å²) >= 11 is 5.73. The Morgan fingerprint density at radius 2 is 1.94 bits per heavy atom. The summed E-state index contributed by atoms with van der Waals surface area (Å²) in [5.74, 6) is 0. The second-order valence-corrected chi connectivity index (χ2v) is 6.70. The molecule has 0 amide bonds. The molecule has 5 nitrogen and oxygen atoms in total. The zero-order chi connectivity index (χ0) is 13.3. The summed E-state index contributed by atoms with van der Waals surface area (Å²) in [6.45, 7) is 0.857. The number of β-amino-alcohol motifs (C(OH)–C–C–N with tert-alkyl or cyclic N) is 1. The van der Waals surface area contributed by atoms with E-state index < -0.39 is 22.2 Å². The van der Waals surface area contributed by atoms with Crippen molar-refractivity contribution in [3.63, 3.8) is 0 Å². The van der Waals surface area contributed by atoms with E-state index in [0.29, 0.717) is 18.1 Å². The molecule has 0 unspecified atom stereocenters. The number of halogens is 1. The number of aliphatic hydroxyl groups is 1. The van der Waals surface area contributed by atoms with Crippen LogP contribution in [-0.4, -0.2) is 50.1 Å². The van der Waals surface area contributed by atoms with Crippen LogP contribution in [0.4, 0.5) is 0 Å². The summed E-state index contributed by atoms with van der Waals surface area (Å²) < 4.78 is 25.8. The monoisotopic (exact) mass is 290 g/mol. The highest BCUT2D eigenvalue weighted by Gasteiger charge is 2.35. The van der Waals surface area contributed by atoms with Crippen molar-refractivity contribution in [2.45, 2.75) is 17.0 Å². The fourth-order valence-electron chi connectivity index (χ4n) is 1.97. The maximum Gasteiger partial charge on any atom is 0.243 e. The van der Waals surface area contributed by atoms with E-state index in [4.69, 9.17) is 11.6 Å². The van der Waals surface area contributed by atoms with Gasteiger partial charge in [0.05, 0.1) is 17.0 Å². The summed E-state index contributed by atoms with van der Waals surface area (Å²) in [6.07, 6.45) is -0.683. The van der Waals surface area contributed by atoms with E-state index in [1.807, 2.05) is 0 Å². The van der Waals surface area contributed by atoms with Gasteiger partial charge in [0.1, 0.15) is 0 Å². The molecule has 1 saturated heterocycles. The van der Waals surface area contributed by atoms with E-state index in [9.17, 15) is 13.5 Å². The number of nitrogens with one attached hydrogen (secondary N) is 1. The Morgan fingerprint density at radius 1 is 1.33 bits per heavy atom. The van der Waals surface area contributed by atoms with Crippen molar-refractivity contribution in [1.29, 1.82) is 0 Å². The summed E-state index contributed by atoms with van der Waals surface area (Å²) in [7, 11) is -2.12. The van der Waals surface area contributed by atoms with Crippen LogP contribution in [0.3, 0.4) is 0 Å². The highest BCUT2D eigenvalue weighted by molar-refractivity contribution is 7.89. The zero-order valence-electron chi connectivity index (χ0n) is 9.88. The van der Waals surface area contributed by atoms with Gasteiger partial charge >= 0.3 is 0 Å². The molecule has 1 aliphatic heterocycles. The lowest BCUT2D eigenvalue weighted by Crippen LogP contribution is -2.44. The Balaban J connectivity index is 2.28. The smallest absolute Gasteiger partial charge is 0.243 e.